The van der Waals surface area contributed by atoms with Crippen LogP contribution in [0.3, 0.4) is 0 Å². The molecule has 0 fully saturated rings. The summed E-state index contributed by atoms with van der Waals surface area (Å²) in [4.78, 5) is 31.3. The van der Waals surface area contributed by atoms with Crippen LogP contribution in [-0.4, -0.2) is 32.2 Å². The molecular weight excluding hydrogens is 270 g/mol. The number of hydrogen-bond donors (Lipinski definition) is 2. The molecule has 0 saturated heterocycles. The third-order valence-electron chi connectivity index (χ3n) is 3.38. The van der Waals surface area contributed by atoms with Crippen LogP contribution in [0.25, 0.3) is 0 Å². The van der Waals surface area contributed by atoms with E-state index in [-0.39, 0.29) is 17.0 Å². The van der Waals surface area contributed by atoms with Gasteiger partial charge >= 0.3 is 0 Å². The largest absolute Gasteiger partial charge is 0.352 e. The predicted octanol–water partition coefficient (Wildman–Crippen LogP) is 0.483. The zero-order valence-electron chi connectivity index (χ0n) is 12.4. The summed E-state index contributed by atoms with van der Waals surface area (Å²) in [6, 6.07) is 0. The Morgan fingerprint density at radius 3 is 2.86 bits per heavy atom. The highest BCUT2D eigenvalue weighted by molar-refractivity contribution is 5.95. The van der Waals surface area contributed by atoms with Gasteiger partial charge in [0.05, 0.1) is 5.69 Å². The van der Waals surface area contributed by atoms with Crippen molar-refractivity contribution in [2.75, 3.05) is 6.54 Å². The highest BCUT2D eigenvalue weighted by Crippen LogP contribution is 2.05. The van der Waals surface area contributed by atoms with Gasteiger partial charge in [0.1, 0.15) is 11.4 Å². The lowest BCUT2D eigenvalue weighted by Gasteiger charge is -2.10. The van der Waals surface area contributed by atoms with Crippen LogP contribution in [0.15, 0.2) is 17.2 Å². The van der Waals surface area contributed by atoms with Crippen molar-refractivity contribution in [3.05, 3.63) is 45.4 Å². The lowest BCUT2D eigenvalue weighted by atomic mass is 10.1. The Bertz CT molecular complexity index is 688. The summed E-state index contributed by atoms with van der Waals surface area (Å²) < 4.78 is 1.19. The lowest BCUT2D eigenvalue weighted by molar-refractivity contribution is 0.0950. The molecule has 2 aromatic heterocycles. The van der Waals surface area contributed by atoms with Gasteiger partial charge in [-0.15, -0.1) is 0 Å². The molecule has 112 valence electrons. The van der Waals surface area contributed by atoms with E-state index in [4.69, 9.17) is 0 Å². The van der Waals surface area contributed by atoms with Crippen LogP contribution in [0.2, 0.25) is 0 Å². The summed E-state index contributed by atoms with van der Waals surface area (Å²) in [5.74, 6) is 0.536. The van der Waals surface area contributed by atoms with E-state index in [1.165, 1.54) is 4.68 Å². The maximum Gasteiger partial charge on any atom is 0.279 e. The highest BCUT2D eigenvalue weighted by atomic mass is 16.2. The molecule has 0 radical (unpaired) electrons. The van der Waals surface area contributed by atoms with Gasteiger partial charge in [-0.25, -0.2) is 9.67 Å². The maximum atomic E-state index is 12.2. The number of amides is 1. The number of H-pyrrole nitrogens is 1. The number of rotatable bonds is 5. The third kappa shape index (κ3) is 3.36. The van der Waals surface area contributed by atoms with Crippen LogP contribution < -0.4 is 10.9 Å². The van der Waals surface area contributed by atoms with Gasteiger partial charge in [-0.2, -0.15) is 5.10 Å². The van der Waals surface area contributed by atoms with E-state index in [0.29, 0.717) is 17.8 Å². The van der Waals surface area contributed by atoms with E-state index < -0.39 is 0 Å². The molecule has 0 spiro atoms. The van der Waals surface area contributed by atoms with Crippen LogP contribution in [0.5, 0.6) is 0 Å². The molecule has 2 aromatic rings. The maximum absolute atomic E-state index is 12.2. The van der Waals surface area contributed by atoms with Crippen LogP contribution >= 0.6 is 0 Å². The standard InChI is InChI=1S/C14H19N5O2/c1-9-10(2)18-19(3)14(21)12(9)13(20)17-6-4-5-11-15-7-8-16-11/h7-8H,4-6H2,1-3H3,(H,15,16)(H,17,20). The highest BCUT2D eigenvalue weighted by Gasteiger charge is 2.17. The number of aromatic amines is 1. The quantitative estimate of drug-likeness (QED) is 0.783. The Labute approximate surface area is 122 Å². The zero-order chi connectivity index (χ0) is 15.4. The normalized spacial score (nSPS) is 10.6. The minimum Gasteiger partial charge on any atom is -0.352 e. The Kier molecular flexibility index (Phi) is 4.52. The van der Waals surface area contributed by atoms with Crippen molar-refractivity contribution in [1.29, 1.82) is 0 Å². The number of nitrogens with zero attached hydrogens (tertiary/aromatic N) is 3. The first kappa shape index (κ1) is 15.0. The summed E-state index contributed by atoms with van der Waals surface area (Å²) in [5.41, 5.74) is 1.10. The first-order chi connectivity index (χ1) is 10.0. The molecule has 1 amide bonds. The van der Waals surface area contributed by atoms with E-state index in [2.05, 4.69) is 20.4 Å². The SMILES string of the molecule is Cc1nn(C)c(=O)c(C(=O)NCCCc2ncc[nH]2)c1C. The van der Waals surface area contributed by atoms with Crippen molar-refractivity contribution >= 4 is 5.91 Å². The number of hydrogen-bond acceptors (Lipinski definition) is 4. The summed E-state index contributed by atoms with van der Waals surface area (Å²) >= 11 is 0. The van der Waals surface area contributed by atoms with Gasteiger partial charge in [-0.1, -0.05) is 0 Å². The van der Waals surface area contributed by atoms with Crippen molar-refractivity contribution in [3.8, 4) is 0 Å². The fourth-order valence-corrected chi connectivity index (χ4v) is 2.10. The molecule has 0 aliphatic heterocycles. The molecule has 2 N–H and O–H groups in total. The monoisotopic (exact) mass is 289 g/mol. The van der Waals surface area contributed by atoms with Gasteiger partial charge in [-0.3, -0.25) is 9.59 Å². The Morgan fingerprint density at radius 1 is 1.43 bits per heavy atom. The van der Waals surface area contributed by atoms with E-state index in [9.17, 15) is 9.59 Å². The summed E-state index contributed by atoms with van der Waals surface area (Å²) in [6.07, 6.45) is 4.96. The number of carbonyl (C=O) groups is 1. The Morgan fingerprint density at radius 2 is 2.19 bits per heavy atom. The number of aryl methyl sites for hydroxylation is 3. The van der Waals surface area contributed by atoms with Gasteiger partial charge in [0.25, 0.3) is 11.5 Å². The molecule has 0 atom stereocenters. The van der Waals surface area contributed by atoms with Gasteiger partial charge in [-0.05, 0) is 25.8 Å². The van der Waals surface area contributed by atoms with Crippen molar-refractivity contribution < 1.29 is 4.79 Å². The van der Waals surface area contributed by atoms with Crippen LogP contribution in [0, 0.1) is 13.8 Å². The van der Waals surface area contributed by atoms with Gasteiger partial charge in [0, 0.05) is 32.4 Å². The molecule has 7 nitrogen and oxygen atoms in total. The number of aromatic nitrogens is 4. The number of nitrogens with one attached hydrogen (secondary N) is 2. The average molecular weight is 289 g/mol. The fourth-order valence-electron chi connectivity index (χ4n) is 2.10. The van der Waals surface area contributed by atoms with Gasteiger partial charge in [0.15, 0.2) is 0 Å². The molecule has 2 heterocycles. The molecule has 0 aliphatic rings. The summed E-state index contributed by atoms with van der Waals surface area (Å²) in [7, 11) is 1.54. The molecule has 0 aromatic carbocycles. The second kappa shape index (κ2) is 6.34. The van der Waals surface area contributed by atoms with Crippen molar-refractivity contribution in [2.24, 2.45) is 7.05 Å². The summed E-state index contributed by atoms with van der Waals surface area (Å²) in [5, 5.41) is 6.83. The van der Waals surface area contributed by atoms with E-state index in [1.807, 2.05) is 0 Å². The topological polar surface area (TPSA) is 92.7 Å². The second-order valence-corrected chi connectivity index (χ2v) is 4.91. The predicted molar refractivity (Wildman–Crippen MR) is 78.2 cm³/mol. The van der Waals surface area contributed by atoms with E-state index in [1.54, 1.807) is 33.3 Å². The van der Waals surface area contributed by atoms with Gasteiger partial charge < -0.3 is 10.3 Å². The zero-order valence-corrected chi connectivity index (χ0v) is 12.4. The average Bonchev–Trinajstić information content (AvgIpc) is 2.95. The molecule has 21 heavy (non-hydrogen) atoms. The molecular formula is C14H19N5O2. The van der Waals surface area contributed by atoms with E-state index >= 15 is 0 Å². The number of carbonyl (C=O) groups excluding carboxylic acids is 1. The van der Waals surface area contributed by atoms with Crippen molar-refractivity contribution in [3.63, 3.8) is 0 Å². The van der Waals surface area contributed by atoms with Crippen molar-refractivity contribution in [1.82, 2.24) is 25.1 Å². The number of imidazole rings is 1. The first-order valence-corrected chi connectivity index (χ1v) is 6.81. The van der Waals surface area contributed by atoms with Gasteiger partial charge in [0.2, 0.25) is 0 Å². The van der Waals surface area contributed by atoms with Crippen LogP contribution in [0.4, 0.5) is 0 Å². The minimum atomic E-state index is -0.373. The molecule has 0 aliphatic carbocycles. The Balaban J connectivity index is 1.99. The minimum absolute atomic E-state index is 0.169. The summed E-state index contributed by atoms with van der Waals surface area (Å²) in [6.45, 7) is 4.01. The van der Waals surface area contributed by atoms with Crippen LogP contribution in [0.1, 0.15) is 33.9 Å². The molecule has 2 rings (SSSR count). The molecule has 0 unspecified atom stereocenters. The Hall–Kier alpha value is -2.44. The smallest absolute Gasteiger partial charge is 0.279 e. The van der Waals surface area contributed by atoms with Crippen LogP contribution in [-0.2, 0) is 13.5 Å². The first-order valence-electron chi connectivity index (χ1n) is 6.81. The van der Waals surface area contributed by atoms with Crippen molar-refractivity contribution in [2.45, 2.75) is 26.7 Å². The second-order valence-electron chi connectivity index (χ2n) is 4.91. The molecule has 0 bridgehead atoms. The third-order valence-corrected chi connectivity index (χ3v) is 3.38. The molecule has 0 saturated carbocycles. The fraction of sp³-hybridized carbons (Fsp3) is 0.429. The molecule has 7 heteroatoms. The lowest BCUT2D eigenvalue weighted by Crippen LogP contribution is -2.35. The van der Waals surface area contributed by atoms with E-state index in [0.717, 1.165) is 18.7 Å².